The Morgan fingerprint density at radius 2 is 1.84 bits per heavy atom. The van der Waals surface area contributed by atoms with Crippen molar-refractivity contribution in [2.45, 2.75) is 32.9 Å². The SMILES string of the molecule is CC(C)(C)C(C[N+](=O)[O-])c1cccc(C(F)(F)F)c1. The second kappa shape index (κ2) is 5.19. The van der Waals surface area contributed by atoms with Crippen molar-refractivity contribution in [2.24, 2.45) is 5.41 Å². The maximum atomic E-state index is 12.7. The third-order valence-electron chi connectivity index (χ3n) is 2.99. The molecule has 1 atom stereocenters. The maximum Gasteiger partial charge on any atom is 0.416 e. The zero-order chi connectivity index (χ0) is 14.8. The minimum absolute atomic E-state index is 0.346. The number of nitro groups is 1. The minimum atomic E-state index is -4.44. The van der Waals surface area contributed by atoms with Gasteiger partial charge in [0.25, 0.3) is 0 Å². The molecule has 19 heavy (non-hydrogen) atoms. The smallest absolute Gasteiger partial charge is 0.265 e. The number of hydrogen-bond acceptors (Lipinski definition) is 2. The normalized spacial score (nSPS) is 14.2. The number of benzene rings is 1. The summed E-state index contributed by atoms with van der Waals surface area (Å²) in [6.07, 6.45) is -4.44. The highest BCUT2D eigenvalue weighted by Gasteiger charge is 2.34. The van der Waals surface area contributed by atoms with Gasteiger partial charge >= 0.3 is 6.18 Å². The van der Waals surface area contributed by atoms with E-state index in [1.165, 1.54) is 12.1 Å². The van der Waals surface area contributed by atoms with Crippen LogP contribution >= 0.6 is 0 Å². The van der Waals surface area contributed by atoms with Gasteiger partial charge in [0.2, 0.25) is 6.54 Å². The Hall–Kier alpha value is -1.59. The van der Waals surface area contributed by atoms with Crippen LogP contribution in [0.15, 0.2) is 24.3 Å². The summed E-state index contributed by atoms with van der Waals surface area (Å²) in [5.41, 5.74) is -0.918. The Morgan fingerprint density at radius 1 is 1.26 bits per heavy atom. The van der Waals surface area contributed by atoms with Crippen LogP contribution in [0.3, 0.4) is 0 Å². The third kappa shape index (κ3) is 4.22. The van der Waals surface area contributed by atoms with Crippen molar-refractivity contribution in [1.29, 1.82) is 0 Å². The van der Waals surface area contributed by atoms with E-state index < -0.39 is 28.0 Å². The summed E-state index contributed by atoms with van der Waals surface area (Å²) in [6, 6.07) is 4.76. The second-order valence-electron chi connectivity index (χ2n) is 5.56. The van der Waals surface area contributed by atoms with Crippen LogP contribution in [-0.2, 0) is 6.18 Å². The lowest BCUT2D eigenvalue weighted by molar-refractivity contribution is -0.486. The molecule has 0 aliphatic rings. The van der Waals surface area contributed by atoms with Crippen LogP contribution in [0.2, 0.25) is 0 Å². The molecule has 1 unspecified atom stereocenters. The molecule has 0 fully saturated rings. The van der Waals surface area contributed by atoms with Crippen molar-refractivity contribution in [3.05, 3.63) is 45.5 Å². The Morgan fingerprint density at radius 3 is 2.26 bits per heavy atom. The first kappa shape index (κ1) is 15.5. The van der Waals surface area contributed by atoms with E-state index in [0.29, 0.717) is 5.56 Å². The van der Waals surface area contributed by atoms with Crippen molar-refractivity contribution in [2.75, 3.05) is 6.54 Å². The van der Waals surface area contributed by atoms with Gasteiger partial charge in [-0.3, -0.25) is 10.1 Å². The lowest BCUT2D eigenvalue weighted by Gasteiger charge is -2.28. The fraction of sp³-hybridized carbons (Fsp3) is 0.538. The van der Waals surface area contributed by atoms with Gasteiger partial charge in [-0.2, -0.15) is 13.2 Å². The number of nitrogens with zero attached hydrogens (tertiary/aromatic N) is 1. The van der Waals surface area contributed by atoms with Gasteiger partial charge in [-0.05, 0) is 17.0 Å². The summed E-state index contributed by atoms with van der Waals surface area (Å²) in [4.78, 5) is 10.2. The van der Waals surface area contributed by atoms with E-state index in [4.69, 9.17) is 0 Å². The van der Waals surface area contributed by atoms with Crippen LogP contribution in [0.1, 0.15) is 37.8 Å². The van der Waals surface area contributed by atoms with Crippen LogP contribution < -0.4 is 0 Å². The monoisotopic (exact) mass is 275 g/mol. The summed E-state index contributed by atoms with van der Waals surface area (Å²) in [6.45, 7) is 4.95. The minimum Gasteiger partial charge on any atom is -0.265 e. The largest absolute Gasteiger partial charge is 0.416 e. The van der Waals surface area contributed by atoms with Crippen molar-refractivity contribution in [1.82, 2.24) is 0 Å². The summed E-state index contributed by atoms with van der Waals surface area (Å²) in [5, 5.41) is 10.7. The van der Waals surface area contributed by atoms with Crippen LogP contribution in [0, 0.1) is 15.5 Å². The van der Waals surface area contributed by atoms with Gasteiger partial charge in [-0.1, -0.05) is 39.0 Å². The Balaban J connectivity index is 3.20. The molecule has 1 aromatic rings. The molecule has 0 amide bonds. The number of halogens is 3. The number of rotatable bonds is 3. The van der Waals surface area contributed by atoms with Gasteiger partial charge in [-0.25, -0.2) is 0 Å². The Bertz CT molecular complexity index is 464. The predicted molar refractivity (Wildman–Crippen MR) is 65.5 cm³/mol. The molecule has 0 radical (unpaired) electrons. The number of hydrogen-bond donors (Lipinski definition) is 0. The van der Waals surface area contributed by atoms with Gasteiger partial charge in [0.05, 0.1) is 11.5 Å². The molecule has 0 saturated carbocycles. The van der Waals surface area contributed by atoms with Crippen molar-refractivity contribution < 1.29 is 18.1 Å². The highest BCUT2D eigenvalue weighted by molar-refractivity contribution is 5.29. The van der Waals surface area contributed by atoms with Crippen LogP contribution in [0.25, 0.3) is 0 Å². The van der Waals surface area contributed by atoms with E-state index in [1.807, 2.05) is 0 Å². The highest BCUT2D eigenvalue weighted by atomic mass is 19.4. The first-order valence-corrected chi connectivity index (χ1v) is 5.81. The summed E-state index contributed by atoms with van der Waals surface area (Å²) in [5.74, 6) is -0.565. The van der Waals surface area contributed by atoms with E-state index in [-0.39, 0.29) is 6.54 Å². The van der Waals surface area contributed by atoms with E-state index >= 15 is 0 Å². The number of alkyl halides is 3. The molecule has 1 aromatic carbocycles. The molecule has 0 aromatic heterocycles. The average Bonchev–Trinajstić information content (AvgIpc) is 2.23. The van der Waals surface area contributed by atoms with Gasteiger partial charge in [-0.15, -0.1) is 0 Å². The van der Waals surface area contributed by atoms with E-state index in [0.717, 1.165) is 12.1 Å². The molecule has 6 heteroatoms. The van der Waals surface area contributed by atoms with Gasteiger partial charge in [0, 0.05) is 4.92 Å². The van der Waals surface area contributed by atoms with E-state index in [1.54, 1.807) is 20.8 Å². The van der Waals surface area contributed by atoms with Crippen molar-refractivity contribution >= 4 is 0 Å². The summed E-state index contributed by atoms with van der Waals surface area (Å²) in [7, 11) is 0. The molecule has 1 rings (SSSR count). The van der Waals surface area contributed by atoms with Crippen LogP contribution in [0.4, 0.5) is 13.2 Å². The van der Waals surface area contributed by atoms with Crippen molar-refractivity contribution in [3.8, 4) is 0 Å². The first-order chi connectivity index (χ1) is 8.51. The third-order valence-corrected chi connectivity index (χ3v) is 2.99. The average molecular weight is 275 g/mol. The molecule has 0 aliphatic carbocycles. The molecule has 0 bridgehead atoms. The second-order valence-corrected chi connectivity index (χ2v) is 5.56. The van der Waals surface area contributed by atoms with Crippen molar-refractivity contribution in [3.63, 3.8) is 0 Å². The fourth-order valence-corrected chi connectivity index (χ4v) is 1.96. The topological polar surface area (TPSA) is 43.1 Å². The molecule has 0 saturated heterocycles. The molecule has 0 N–H and O–H groups in total. The molecule has 0 spiro atoms. The van der Waals surface area contributed by atoms with E-state index in [2.05, 4.69) is 0 Å². The molecule has 106 valence electrons. The molecule has 3 nitrogen and oxygen atoms in total. The fourth-order valence-electron chi connectivity index (χ4n) is 1.96. The highest BCUT2D eigenvalue weighted by Crippen LogP contribution is 2.37. The van der Waals surface area contributed by atoms with E-state index in [9.17, 15) is 23.3 Å². The standard InChI is InChI=1S/C13H16F3NO2/c1-12(2,3)11(8-17(18)19)9-5-4-6-10(7-9)13(14,15)16/h4-7,11H,8H2,1-3H3. The first-order valence-electron chi connectivity index (χ1n) is 5.81. The summed E-state index contributed by atoms with van der Waals surface area (Å²) < 4.78 is 38.0. The lowest BCUT2D eigenvalue weighted by atomic mass is 9.76. The maximum absolute atomic E-state index is 12.7. The molecular formula is C13H16F3NO2. The molecule has 0 aliphatic heterocycles. The molecular weight excluding hydrogens is 259 g/mol. The van der Waals surface area contributed by atoms with Gasteiger partial charge < -0.3 is 0 Å². The lowest BCUT2D eigenvalue weighted by Crippen LogP contribution is -2.26. The zero-order valence-corrected chi connectivity index (χ0v) is 11.0. The Labute approximate surface area is 109 Å². The van der Waals surface area contributed by atoms with Gasteiger partial charge in [0.1, 0.15) is 0 Å². The van der Waals surface area contributed by atoms with Gasteiger partial charge in [0.15, 0.2) is 0 Å². The van der Waals surface area contributed by atoms with Crippen LogP contribution in [-0.4, -0.2) is 11.5 Å². The van der Waals surface area contributed by atoms with Crippen LogP contribution in [0.5, 0.6) is 0 Å². The zero-order valence-electron chi connectivity index (χ0n) is 11.0. The predicted octanol–water partition coefficient (Wildman–Crippen LogP) is 4.11. The molecule has 0 heterocycles. The Kier molecular flexibility index (Phi) is 4.22. The summed E-state index contributed by atoms with van der Waals surface area (Å²) >= 11 is 0. The quantitative estimate of drug-likeness (QED) is 0.615.